The molecule has 0 amide bonds. The Kier molecular flexibility index (Phi) is 8.56. The molecule has 0 saturated heterocycles. The lowest BCUT2D eigenvalue weighted by Crippen LogP contribution is -2.43. The molecule has 1 aromatic carbocycles. The van der Waals surface area contributed by atoms with Gasteiger partial charge in [0.25, 0.3) is 0 Å². The first kappa shape index (κ1) is 22.0. The maximum absolute atomic E-state index is 12.8. The Morgan fingerprint density at radius 1 is 1.21 bits per heavy atom. The Bertz CT molecular complexity index is 656. The molecule has 1 aromatic rings. The number of alkyl halides is 2. The summed E-state index contributed by atoms with van der Waals surface area (Å²) in [5.41, 5.74) is 0.499. The summed E-state index contributed by atoms with van der Waals surface area (Å²) in [6.07, 6.45) is 0. The van der Waals surface area contributed by atoms with Crippen molar-refractivity contribution in [3.8, 4) is 17.2 Å². The number of benzene rings is 1. The van der Waals surface area contributed by atoms with Crippen molar-refractivity contribution in [3.05, 3.63) is 17.7 Å². The number of ether oxygens (including phenoxy) is 3. The molecule has 0 radical (unpaired) electrons. The van der Waals surface area contributed by atoms with Crippen LogP contribution in [0.4, 0.5) is 8.78 Å². The highest BCUT2D eigenvalue weighted by molar-refractivity contribution is 5.79. The monoisotopic (exact) mass is 400 g/mol. The van der Waals surface area contributed by atoms with E-state index in [9.17, 15) is 8.78 Å². The van der Waals surface area contributed by atoms with Crippen molar-refractivity contribution in [2.75, 3.05) is 33.0 Å². The Labute approximate surface area is 165 Å². The molecule has 0 aromatic heterocycles. The van der Waals surface area contributed by atoms with Crippen molar-refractivity contribution in [3.63, 3.8) is 0 Å². The molecular weight excluding hydrogens is 370 g/mol. The number of nitrogens with one attached hydrogen (secondary N) is 2. The van der Waals surface area contributed by atoms with E-state index < -0.39 is 6.61 Å². The smallest absolute Gasteiger partial charge is 0.387 e. The fraction of sp³-hybridized carbons (Fsp3) is 0.632. The molecule has 0 aliphatic carbocycles. The molecule has 9 heteroatoms. The quantitative estimate of drug-likeness (QED) is 0.465. The lowest BCUT2D eigenvalue weighted by molar-refractivity contribution is -0.0505. The number of nitrogens with zero attached hydrogens (tertiary/aromatic N) is 2. The van der Waals surface area contributed by atoms with E-state index in [4.69, 9.17) is 9.47 Å². The Hall–Kier alpha value is -2.29. The number of fused-ring (bicyclic) bond motifs is 1. The predicted octanol–water partition coefficient (Wildman–Crippen LogP) is 2.80. The van der Waals surface area contributed by atoms with Gasteiger partial charge in [-0.15, -0.1) is 0 Å². The largest absolute Gasteiger partial charge is 0.454 e. The van der Waals surface area contributed by atoms with E-state index in [-0.39, 0.29) is 19.1 Å². The molecule has 2 N–H and O–H groups in total. The van der Waals surface area contributed by atoms with Crippen molar-refractivity contribution in [1.82, 2.24) is 15.5 Å². The standard InChI is InChI=1S/C19H30F2N4O3/c1-5-22-19(23-7-8-25(6-2)13(3)4)24-11-14-9-16-17(27-12-26-16)10-15(14)28-18(20)21/h9-10,13,18H,5-8,11-12H2,1-4H3,(H2,22,23,24). The van der Waals surface area contributed by atoms with Crippen LogP contribution in [0.1, 0.15) is 33.3 Å². The maximum atomic E-state index is 12.8. The van der Waals surface area contributed by atoms with Crippen LogP contribution in [0.3, 0.4) is 0 Å². The van der Waals surface area contributed by atoms with Gasteiger partial charge in [-0.2, -0.15) is 8.78 Å². The van der Waals surface area contributed by atoms with Gasteiger partial charge >= 0.3 is 6.61 Å². The van der Waals surface area contributed by atoms with E-state index in [0.29, 0.717) is 35.6 Å². The van der Waals surface area contributed by atoms with Crippen LogP contribution in [-0.2, 0) is 6.54 Å². The Morgan fingerprint density at radius 3 is 2.54 bits per heavy atom. The number of likely N-dealkylation sites (N-methyl/N-ethyl adjacent to an activating group) is 1. The first-order valence-electron chi connectivity index (χ1n) is 9.58. The average Bonchev–Trinajstić information content (AvgIpc) is 3.09. The number of rotatable bonds is 10. The number of aliphatic imine (C=N–C) groups is 1. The second-order valence-electron chi connectivity index (χ2n) is 6.54. The average molecular weight is 400 g/mol. The van der Waals surface area contributed by atoms with Gasteiger partial charge in [-0.1, -0.05) is 6.92 Å². The molecule has 1 aliphatic rings. The molecule has 0 saturated carbocycles. The zero-order valence-electron chi connectivity index (χ0n) is 16.9. The fourth-order valence-electron chi connectivity index (χ4n) is 2.90. The molecule has 0 spiro atoms. The van der Waals surface area contributed by atoms with E-state index in [1.807, 2.05) is 6.92 Å². The van der Waals surface area contributed by atoms with Crippen molar-refractivity contribution in [2.24, 2.45) is 4.99 Å². The summed E-state index contributed by atoms with van der Waals surface area (Å²) in [6, 6.07) is 3.51. The van der Waals surface area contributed by atoms with Gasteiger partial charge in [0.05, 0.1) is 6.54 Å². The summed E-state index contributed by atoms with van der Waals surface area (Å²) >= 11 is 0. The van der Waals surface area contributed by atoms with E-state index >= 15 is 0 Å². The summed E-state index contributed by atoms with van der Waals surface area (Å²) < 4.78 is 40.7. The van der Waals surface area contributed by atoms with Crippen molar-refractivity contribution in [1.29, 1.82) is 0 Å². The summed E-state index contributed by atoms with van der Waals surface area (Å²) in [5.74, 6) is 1.54. The highest BCUT2D eigenvalue weighted by atomic mass is 19.3. The van der Waals surface area contributed by atoms with Crippen molar-refractivity contribution >= 4 is 5.96 Å². The topological polar surface area (TPSA) is 67.4 Å². The van der Waals surface area contributed by atoms with Gasteiger partial charge in [0.1, 0.15) is 5.75 Å². The Morgan fingerprint density at radius 2 is 1.93 bits per heavy atom. The second kappa shape index (κ2) is 10.9. The zero-order chi connectivity index (χ0) is 20.5. The van der Waals surface area contributed by atoms with E-state index in [0.717, 1.165) is 19.6 Å². The number of hydrogen-bond acceptors (Lipinski definition) is 5. The lowest BCUT2D eigenvalue weighted by atomic mass is 10.1. The minimum absolute atomic E-state index is 0.0378. The van der Waals surface area contributed by atoms with Crippen LogP contribution < -0.4 is 24.8 Å². The molecule has 2 rings (SSSR count). The summed E-state index contributed by atoms with van der Waals surface area (Å²) in [4.78, 5) is 6.84. The zero-order valence-corrected chi connectivity index (χ0v) is 16.9. The summed E-state index contributed by atoms with van der Waals surface area (Å²) in [7, 11) is 0. The molecular formula is C19H30F2N4O3. The molecule has 7 nitrogen and oxygen atoms in total. The number of halogens is 2. The minimum atomic E-state index is -2.93. The molecule has 28 heavy (non-hydrogen) atoms. The van der Waals surface area contributed by atoms with Gasteiger partial charge in [-0.05, 0) is 33.4 Å². The fourth-order valence-corrected chi connectivity index (χ4v) is 2.90. The van der Waals surface area contributed by atoms with Crippen molar-refractivity contribution in [2.45, 2.75) is 46.9 Å². The SMILES string of the molecule is CCNC(=NCc1cc2c(cc1OC(F)F)OCO2)NCCN(CC)C(C)C. The third kappa shape index (κ3) is 6.40. The first-order chi connectivity index (χ1) is 13.4. The lowest BCUT2D eigenvalue weighted by Gasteiger charge is -2.25. The van der Waals surface area contributed by atoms with Crippen LogP contribution in [0.2, 0.25) is 0 Å². The van der Waals surface area contributed by atoms with Crippen molar-refractivity contribution < 1.29 is 23.0 Å². The molecule has 0 bridgehead atoms. The second-order valence-corrected chi connectivity index (χ2v) is 6.54. The van der Waals surface area contributed by atoms with Crippen LogP contribution in [0.15, 0.2) is 17.1 Å². The molecule has 0 atom stereocenters. The summed E-state index contributed by atoms with van der Waals surface area (Å²) in [6.45, 7) is 8.97. The van der Waals surface area contributed by atoms with Gasteiger partial charge in [-0.25, -0.2) is 4.99 Å². The van der Waals surface area contributed by atoms with Crippen LogP contribution in [0, 0.1) is 0 Å². The maximum Gasteiger partial charge on any atom is 0.387 e. The van der Waals surface area contributed by atoms with Crippen LogP contribution in [0.25, 0.3) is 0 Å². The molecule has 1 heterocycles. The molecule has 0 fully saturated rings. The van der Waals surface area contributed by atoms with Gasteiger partial charge in [0.15, 0.2) is 17.5 Å². The van der Waals surface area contributed by atoms with Gasteiger partial charge < -0.3 is 24.8 Å². The van der Waals surface area contributed by atoms with Gasteiger partial charge in [0.2, 0.25) is 6.79 Å². The van der Waals surface area contributed by atoms with Crippen LogP contribution >= 0.6 is 0 Å². The van der Waals surface area contributed by atoms with E-state index in [1.165, 1.54) is 6.07 Å². The molecule has 1 aliphatic heterocycles. The molecule has 0 unspecified atom stereocenters. The normalized spacial score (nSPS) is 13.5. The summed E-state index contributed by atoms with van der Waals surface area (Å²) in [5, 5.41) is 6.44. The highest BCUT2D eigenvalue weighted by Crippen LogP contribution is 2.38. The third-order valence-electron chi connectivity index (χ3n) is 4.35. The van der Waals surface area contributed by atoms with E-state index in [2.05, 4.69) is 46.0 Å². The van der Waals surface area contributed by atoms with Crippen LogP contribution in [0.5, 0.6) is 17.2 Å². The first-order valence-corrected chi connectivity index (χ1v) is 9.58. The molecule has 158 valence electrons. The Balaban J connectivity index is 2.06. The van der Waals surface area contributed by atoms with Crippen LogP contribution in [-0.4, -0.2) is 56.5 Å². The number of hydrogen-bond donors (Lipinski definition) is 2. The van der Waals surface area contributed by atoms with Gasteiger partial charge in [0, 0.05) is 37.3 Å². The third-order valence-corrected chi connectivity index (χ3v) is 4.35. The minimum Gasteiger partial charge on any atom is -0.454 e. The van der Waals surface area contributed by atoms with E-state index in [1.54, 1.807) is 6.07 Å². The highest BCUT2D eigenvalue weighted by Gasteiger charge is 2.20. The van der Waals surface area contributed by atoms with Gasteiger partial charge in [-0.3, -0.25) is 4.90 Å². The predicted molar refractivity (Wildman–Crippen MR) is 104 cm³/mol. The number of guanidine groups is 1.